The molecule has 2 aromatic carbocycles. The van der Waals surface area contributed by atoms with Crippen LogP contribution in [0.15, 0.2) is 66.0 Å². The number of amides is 1. The fraction of sp³-hybridized carbons (Fsp3) is 0.273. The van der Waals surface area contributed by atoms with E-state index < -0.39 is 6.10 Å². The Labute approximate surface area is 169 Å². The standard InChI is InChI=1S/C22H23N3O2S/c1-17-16-28-22(23-17)25-14-12-24(13-15-25)21(26)20(18-8-4-2-5-9-18)27-19-10-6-3-7-11-19/h2-11,16,20H,12-15H2,1H3. The summed E-state index contributed by atoms with van der Waals surface area (Å²) in [7, 11) is 0. The average molecular weight is 394 g/mol. The van der Waals surface area contributed by atoms with Crippen LogP contribution in [-0.2, 0) is 4.79 Å². The van der Waals surface area contributed by atoms with Gasteiger partial charge in [-0.15, -0.1) is 11.3 Å². The summed E-state index contributed by atoms with van der Waals surface area (Å²) in [6, 6.07) is 19.2. The van der Waals surface area contributed by atoms with Gasteiger partial charge in [-0.3, -0.25) is 4.79 Å². The number of thiazole rings is 1. The first-order valence-corrected chi connectivity index (χ1v) is 10.3. The van der Waals surface area contributed by atoms with Crippen LogP contribution in [0.4, 0.5) is 5.13 Å². The van der Waals surface area contributed by atoms with Crippen molar-refractivity contribution in [2.24, 2.45) is 0 Å². The molecule has 0 saturated carbocycles. The van der Waals surface area contributed by atoms with E-state index in [-0.39, 0.29) is 5.91 Å². The Morgan fingerprint density at radius 1 is 1.00 bits per heavy atom. The van der Waals surface area contributed by atoms with Crippen LogP contribution in [-0.4, -0.2) is 42.0 Å². The first-order valence-electron chi connectivity index (χ1n) is 9.43. The Morgan fingerprint density at radius 2 is 1.64 bits per heavy atom. The van der Waals surface area contributed by atoms with Crippen molar-refractivity contribution in [2.45, 2.75) is 13.0 Å². The Hall–Kier alpha value is -2.86. The van der Waals surface area contributed by atoms with Gasteiger partial charge in [-0.1, -0.05) is 48.5 Å². The molecule has 0 radical (unpaired) electrons. The molecule has 2 heterocycles. The van der Waals surface area contributed by atoms with Crippen LogP contribution in [0.3, 0.4) is 0 Å². The lowest BCUT2D eigenvalue weighted by Crippen LogP contribution is -2.50. The van der Waals surface area contributed by atoms with E-state index in [1.807, 2.05) is 72.5 Å². The number of ether oxygens (including phenoxy) is 1. The highest BCUT2D eigenvalue weighted by atomic mass is 32.1. The summed E-state index contributed by atoms with van der Waals surface area (Å²) >= 11 is 1.66. The van der Waals surface area contributed by atoms with Gasteiger partial charge in [0.1, 0.15) is 5.75 Å². The van der Waals surface area contributed by atoms with Gasteiger partial charge >= 0.3 is 0 Å². The molecule has 0 aliphatic carbocycles. The Morgan fingerprint density at radius 3 is 2.25 bits per heavy atom. The number of carbonyl (C=O) groups excluding carboxylic acids is 1. The van der Waals surface area contributed by atoms with Gasteiger partial charge in [0.05, 0.1) is 5.69 Å². The number of rotatable bonds is 5. The second-order valence-electron chi connectivity index (χ2n) is 6.81. The van der Waals surface area contributed by atoms with E-state index in [1.165, 1.54) is 0 Å². The Kier molecular flexibility index (Phi) is 5.58. The minimum Gasteiger partial charge on any atom is -0.476 e. The third kappa shape index (κ3) is 4.17. The molecule has 1 unspecified atom stereocenters. The summed E-state index contributed by atoms with van der Waals surface area (Å²) in [6.45, 7) is 4.90. The number of hydrogen-bond donors (Lipinski definition) is 0. The molecule has 28 heavy (non-hydrogen) atoms. The topological polar surface area (TPSA) is 45.7 Å². The summed E-state index contributed by atoms with van der Waals surface area (Å²) in [4.78, 5) is 22.0. The lowest BCUT2D eigenvalue weighted by Gasteiger charge is -2.36. The molecule has 0 bridgehead atoms. The fourth-order valence-electron chi connectivity index (χ4n) is 3.29. The van der Waals surface area contributed by atoms with Gasteiger partial charge in [-0.2, -0.15) is 0 Å². The third-order valence-corrected chi connectivity index (χ3v) is 5.81. The van der Waals surface area contributed by atoms with Crippen LogP contribution in [0.1, 0.15) is 17.4 Å². The molecule has 1 aromatic heterocycles. The molecule has 1 atom stereocenters. The van der Waals surface area contributed by atoms with Crippen molar-refractivity contribution in [1.29, 1.82) is 0 Å². The molecule has 5 nitrogen and oxygen atoms in total. The van der Waals surface area contributed by atoms with Gasteiger partial charge in [0, 0.05) is 37.1 Å². The molecule has 1 amide bonds. The maximum atomic E-state index is 13.3. The maximum absolute atomic E-state index is 13.3. The van der Waals surface area contributed by atoms with Crippen LogP contribution in [0.25, 0.3) is 0 Å². The molecular weight excluding hydrogens is 370 g/mol. The predicted octanol–water partition coefficient (Wildman–Crippen LogP) is 3.92. The van der Waals surface area contributed by atoms with Crippen molar-refractivity contribution in [3.63, 3.8) is 0 Å². The number of para-hydroxylation sites is 1. The Balaban J connectivity index is 1.48. The number of carbonyl (C=O) groups is 1. The molecule has 144 valence electrons. The smallest absolute Gasteiger partial charge is 0.268 e. The van der Waals surface area contributed by atoms with Crippen molar-refractivity contribution in [3.05, 3.63) is 77.3 Å². The number of piperazine rings is 1. The predicted molar refractivity (Wildman–Crippen MR) is 112 cm³/mol. The van der Waals surface area contributed by atoms with E-state index in [1.54, 1.807) is 11.3 Å². The molecule has 4 rings (SSSR count). The van der Waals surface area contributed by atoms with E-state index in [2.05, 4.69) is 15.3 Å². The first kappa shape index (κ1) is 18.5. The summed E-state index contributed by atoms with van der Waals surface area (Å²) in [6.07, 6.45) is -0.641. The van der Waals surface area contributed by atoms with Gasteiger partial charge in [0.25, 0.3) is 5.91 Å². The summed E-state index contributed by atoms with van der Waals surface area (Å²) < 4.78 is 6.12. The molecule has 0 N–H and O–H groups in total. The van der Waals surface area contributed by atoms with Crippen LogP contribution < -0.4 is 9.64 Å². The molecule has 3 aromatic rings. The lowest BCUT2D eigenvalue weighted by atomic mass is 10.1. The van der Waals surface area contributed by atoms with Gasteiger partial charge in [-0.25, -0.2) is 4.98 Å². The number of hydrogen-bond acceptors (Lipinski definition) is 5. The number of nitrogens with zero attached hydrogens (tertiary/aromatic N) is 3. The molecule has 1 aliphatic rings. The van der Waals surface area contributed by atoms with Crippen molar-refractivity contribution in [3.8, 4) is 5.75 Å². The number of aromatic nitrogens is 1. The van der Waals surface area contributed by atoms with Gasteiger partial charge in [-0.05, 0) is 19.1 Å². The van der Waals surface area contributed by atoms with Crippen LogP contribution in [0, 0.1) is 6.92 Å². The monoisotopic (exact) mass is 393 g/mol. The van der Waals surface area contributed by atoms with Gasteiger partial charge < -0.3 is 14.5 Å². The van der Waals surface area contributed by atoms with Gasteiger partial charge in [0.15, 0.2) is 5.13 Å². The summed E-state index contributed by atoms with van der Waals surface area (Å²) in [5.74, 6) is 0.701. The number of aryl methyl sites for hydroxylation is 1. The number of anilines is 1. The van der Waals surface area contributed by atoms with E-state index in [0.29, 0.717) is 18.8 Å². The Bertz CT molecular complexity index is 906. The minimum atomic E-state index is -0.641. The number of benzene rings is 2. The zero-order valence-corrected chi connectivity index (χ0v) is 16.6. The fourth-order valence-corrected chi connectivity index (χ4v) is 4.15. The largest absolute Gasteiger partial charge is 0.476 e. The first-order chi connectivity index (χ1) is 13.7. The summed E-state index contributed by atoms with van der Waals surface area (Å²) in [5, 5.41) is 3.09. The van der Waals surface area contributed by atoms with Crippen molar-refractivity contribution < 1.29 is 9.53 Å². The van der Waals surface area contributed by atoms with Crippen molar-refractivity contribution >= 4 is 22.4 Å². The molecule has 1 saturated heterocycles. The zero-order chi connectivity index (χ0) is 19.3. The van der Waals surface area contributed by atoms with Crippen molar-refractivity contribution in [1.82, 2.24) is 9.88 Å². The van der Waals surface area contributed by atoms with E-state index in [4.69, 9.17) is 4.74 Å². The SMILES string of the molecule is Cc1csc(N2CCN(C(=O)C(Oc3ccccc3)c3ccccc3)CC2)n1. The van der Waals surface area contributed by atoms with E-state index >= 15 is 0 Å². The minimum absolute atomic E-state index is 0.00465. The molecule has 1 aliphatic heterocycles. The molecule has 1 fully saturated rings. The molecule has 6 heteroatoms. The normalized spacial score (nSPS) is 15.3. The quantitative estimate of drug-likeness (QED) is 0.659. The van der Waals surface area contributed by atoms with Crippen molar-refractivity contribution in [2.75, 3.05) is 31.1 Å². The van der Waals surface area contributed by atoms with Gasteiger partial charge in [0.2, 0.25) is 6.10 Å². The van der Waals surface area contributed by atoms with E-state index in [9.17, 15) is 4.79 Å². The molecule has 0 spiro atoms. The van der Waals surface area contributed by atoms with E-state index in [0.717, 1.165) is 29.5 Å². The molecular formula is C22H23N3O2S. The summed E-state index contributed by atoms with van der Waals surface area (Å²) in [5.41, 5.74) is 1.91. The third-order valence-electron chi connectivity index (χ3n) is 4.79. The maximum Gasteiger partial charge on any atom is 0.268 e. The zero-order valence-electron chi connectivity index (χ0n) is 15.8. The highest BCUT2D eigenvalue weighted by Crippen LogP contribution is 2.26. The van der Waals surface area contributed by atoms with Crippen LogP contribution >= 0.6 is 11.3 Å². The average Bonchev–Trinajstić information content (AvgIpc) is 3.19. The second kappa shape index (κ2) is 8.44. The highest BCUT2D eigenvalue weighted by Gasteiger charge is 2.30. The van der Waals surface area contributed by atoms with Crippen LogP contribution in [0.2, 0.25) is 0 Å². The second-order valence-corrected chi connectivity index (χ2v) is 7.64. The van der Waals surface area contributed by atoms with Crippen LogP contribution in [0.5, 0.6) is 5.75 Å². The lowest BCUT2D eigenvalue weighted by molar-refractivity contribution is -0.139. The highest BCUT2D eigenvalue weighted by molar-refractivity contribution is 7.13.